The van der Waals surface area contributed by atoms with Crippen molar-refractivity contribution >= 4 is 81.2 Å². The highest BCUT2D eigenvalue weighted by atomic mass is 79.9. The van der Waals surface area contributed by atoms with E-state index in [-0.39, 0.29) is 0 Å². The lowest BCUT2D eigenvalue weighted by molar-refractivity contribution is 0.983. The molecule has 0 saturated carbocycles. The van der Waals surface area contributed by atoms with Crippen LogP contribution in [0.3, 0.4) is 0 Å². The van der Waals surface area contributed by atoms with Gasteiger partial charge in [0.25, 0.3) is 0 Å². The molecule has 0 bridgehead atoms. The molecule has 204 valence electrons. The number of nitrogens with zero attached hydrogens (tertiary/aromatic N) is 6. The average molecular weight is 684 g/mol. The molecule has 8 heteroatoms. The minimum absolute atomic E-state index is 0.465. The molecule has 43 heavy (non-hydrogen) atoms. The van der Waals surface area contributed by atoms with Crippen molar-refractivity contribution in [2.24, 2.45) is 0 Å². The second kappa shape index (κ2) is 9.36. The summed E-state index contributed by atoms with van der Waals surface area (Å²) in [6.07, 6.45) is 0. The summed E-state index contributed by atoms with van der Waals surface area (Å²) in [6.45, 7) is 0. The topological polar surface area (TPSA) is 52.9 Å². The SMILES string of the molecule is Brc1nc(Br)nc(-c2c3c(cc4c2n(-c2ccccc2)c2cc5ccccc5n42)c2ccccc2n3-c2ccccc2)n1. The maximum atomic E-state index is 4.89. The monoisotopic (exact) mass is 682 g/mol. The van der Waals surface area contributed by atoms with Gasteiger partial charge in [0.05, 0.1) is 33.1 Å². The van der Waals surface area contributed by atoms with Crippen LogP contribution >= 0.6 is 31.9 Å². The highest BCUT2D eigenvalue weighted by Crippen LogP contribution is 2.44. The Morgan fingerprint density at radius 2 is 1.09 bits per heavy atom. The predicted octanol–water partition coefficient (Wildman–Crippen LogP) is 9.51. The van der Waals surface area contributed by atoms with Gasteiger partial charge in [0.15, 0.2) is 5.82 Å². The van der Waals surface area contributed by atoms with Crippen LogP contribution in [-0.4, -0.2) is 28.5 Å². The quantitative estimate of drug-likeness (QED) is 0.186. The molecule has 0 atom stereocenters. The van der Waals surface area contributed by atoms with E-state index in [2.05, 4.69) is 160 Å². The molecule has 0 spiro atoms. The van der Waals surface area contributed by atoms with E-state index in [0.29, 0.717) is 15.3 Å². The van der Waals surface area contributed by atoms with Crippen LogP contribution in [0.4, 0.5) is 0 Å². The molecule has 0 aliphatic heterocycles. The Morgan fingerprint density at radius 3 is 1.81 bits per heavy atom. The molecule has 4 heterocycles. The van der Waals surface area contributed by atoms with Gasteiger partial charge in [-0.05, 0) is 80.4 Å². The lowest BCUT2D eigenvalue weighted by atomic mass is 10.1. The van der Waals surface area contributed by atoms with Gasteiger partial charge in [0.2, 0.25) is 9.47 Å². The third-order valence-electron chi connectivity index (χ3n) is 8.13. The van der Waals surface area contributed by atoms with Crippen LogP contribution in [0.5, 0.6) is 0 Å². The van der Waals surface area contributed by atoms with Crippen molar-refractivity contribution < 1.29 is 0 Å². The first-order valence-electron chi connectivity index (χ1n) is 13.9. The van der Waals surface area contributed by atoms with Crippen molar-refractivity contribution in [3.05, 3.63) is 131 Å². The number of halogens is 2. The highest BCUT2D eigenvalue weighted by molar-refractivity contribution is 9.11. The van der Waals surface area contributed by atoms with Gasteiger partial charge in [-0.15, -0.1) is 0 Å². The molecular weight excluding hydrogens is 664 g/mol. The van der Waals surface area contributed by atoms with Crippen LogP contribution in [0.2, 0.25) is 0 Å². The van der Waals surface area contributed by atoms with Crippen molar-refractivity contribution in [3.63, 3.8) is 0 Å². The molecule has 0 aliphatic rings. The van der Waals surface area contributed by atoms with Gasteiger partial charge in [-0.2, -0.15) is 4.98 Å². The number of fused-ring (bicyclic) bond motifs is 8. The molecule has 0 aliphatic carbocycles. The minimum atomic E-state index is 0.465. The van der Waals surface area contributed by atoms with Crippen LogP contribution in [0.25, 0.3) is 72.2 Å². The van der Waals surface area contributed by atoms with E-state index >= 15 is 0 Å². The van der Waals surface area contributed by atoms with E-state index in [4.69, 9.17) is 9.97 Å². The Labute approximate surface area is 262 Å². The van der Waals surface area contributed by atoms with E-state index < -0.39 is 0 Å². The van der Waals surface area contributed by atoms with Gasteiger partial charge < -0.3 is 4.57 Å². The van der Waals surface area contributed by atoms with E-state index in [1.807, 2.05) is 12.1 Å². The van der Waals surface area contributed by atoms with Gasteiger partial charge in [0.1, 0.15) is 5.65 Å². The molecule has 9 aromatic rings. The van der Waals surface area contributed by atoms with Crippen molar-refractivity contribution in [2.45, 2.75) is 0 Å². The number of hydrogen-bond acceptors (Lipinski definition) is 3. The lowest BCUT2D eigenvalue weighted by Crippen LogP contribution is -2.02. The summed E-state index contributed by atoms with van der Waals surface area (Å²) < 4.78 is 7.96. The Bertz CT molecular complexity index is 2510. The minimum Gasteiger partial charge on any atom is -0.308 e. The van der Waals surface area contributed by atoms with Gasteiger partial charge in [-0.3, -0.25) is 8.97 Å². The Hall–Kier alpha value is -4.79. The fourth-order valence-electron chi connectivity index (χ4n) is 6.51. The Morgan fingerprint density at radius 1 is 0.488 bits per heavy atom. The summed E-state index contributed by atoms with van der Waals surface area (Å²) in [5.74, 6) is 0.576. The maximum absolute atomic E-state index is 4.89. The average Bonchev–Trinajstić information content (AvgIpc) is 3.67. The highest BCUT2D eigenvalue weighted by Gasteiger charge is 2.27. The third kappa shape index (κ3) is 3.60. The summed E-state index contributed by atoms with van der Waals surface area (Å²) >= 11 is 7.10. The maximum Gasteiger partial charge on any atom is 0.201 e. The van der Waals surface area contributed by atoms with Gasteiger partial charge >= 0.3 is 0 Å². The van der Waals surface area contributed by atoms with E-state index in [9.17, 15) is 0 Å². The summed E-state index contributed by atoms with van der Waals surface area (Å²) in [6, 6.07) is 42.7. The van der Waals surface area contributed by atoms with Crippen molar-refractivity contribution in [3.8, 4) is 22.8 Å². The fraction of sp³-hybridized carbons (Fsp3) is 0. The molecule has 0 N–H and O–H groups in total. The van der Waals surface area contributed by atoms with Gasteiger partial charge in [-0.25, -0.2) is 9.97 Å². The first-order chi connectivity index (χ1) is 21.2. The first-order valence-corrected chi connectivity index (χ1v) is 15.4. The number of aromatic nitrogens is 6. The van der Waals surface area contributed by atoms with Crippen LogP contribution in [0.1, 0.15) is 0 Å². The second-order valence-corrected chi connectivity index (χ2v) is 11.9. The third-order valence-corrected chi connectivity index (χ3v) is 8.84. The largest absolute Gasteiger partial charge is 0.308 e. The summed E-state index contributed by atoms with van der Waals surface area (Å²) in [5, 5.41) is 3.47. The van der Waals surface area contributed by atoms with E-state index in [1.54, 1.807) is 0 Å². The summed E-state index contributed by atoms with van der Waals surface area (Å²) in [7, 11) is 0. The van der Waals surface area contributed by atoms with Gasteiger partial charge in [0, 0.05) is 27.5 Å². The van der Waals surface area contributed by atoms with E-state index in [1.165, 1.54) is 5.39 Å². The molecule has 0 unspecified atom stereocenters. The van der Waals surface area contributed by atoms with Crippen LogP contribution in [0.15, 0.2) is 131 Å². The van der Waals surface area contributed by atoms with Crippen molar-refractivity contribution in [1.29, 1.82) is 0 Å². The second-order valence-electron chi connectivity index (χ2n) is 10.5. The molecule has 0 saturated heterocycles. The molecule has 9 rings (SSSR count). The first kappa shape index (κ1) is 24.8. The zero-order valence-electron chi connectivity index (χ0n) is 22.5. The molecular formula is C35H20Br2N6. The molecule has 4 aromatic heterocycles. The molecule has 5 aromatic carbocycles. The fourth-order valence-corrected chi connectivity index (χ4v) is 7.42. The zero-order valence-corrected chi connectivity index (χ0v) is 25.7. The molecule has 0 amide bonds. The summed E-state index contributed by atoms with van der Waals surface area (Å²) in [4.78, 5) is 14.2. The van der Waals surface area contributed by atoms with Crippen molar-refractivity contribution in [1.82, 2.24) is 28.5 Å². The standard InChI is InChI=1S/C35H20Br2N6/c36-34-38-33(39-35(37)40-34)30-31-25(24-16-8-10-18-27(24)41(31)22-12-3-1-4-13-22)20-28-32(30)42(23-14-5-2-6-15-23)29-19-21-11-7-9-17-26(21)43(28)29/h1-20H. The smallest absolute Gasteiger partial charge is 0.201 e. The van der Waals surface area contributed by atoms with E-state index in [0.717, 1.165) is 60.9 Å². The number of benzene rings is 5. The molecule has 0 radical (unpaired) electrons. The van der Waals surface area contributed by atoms with Crippen LogP contribution in [0, 0.1) is 0 Å². The van der Waals surface area contributed by atoms with Gasteiger partial charge in [-0.1, -0.05) is 72.8 Å². The number of hydrogen-bond donors (Lipinski definition) is 0. The number of para-hydroxylation sites is 4. The number of rotatable bonds is 3. The number of imidazole rings is 1. The predicted molar refractivity (Wildman–Crippen MR) is 180 cm³/mol. The molecule has 6 nitrogen and oxygen atoms in total. The Balaban J connectivity index is 1.63. The normalized spacial score (nSPS) is 12.0. The summed E-state index contributed by atoms with van der Waals surface area (Å²) in [5.41, 5.74) is 9.50. The lowest BCUT2D eigenvalue weighted by Gasteiger charge is -2.14. The van der Waals surface area contributed by atoms with Crippen molar-refractivity contribution in [2.75, 3.05) is 0 Å². The zero-order chi connectivity index (χ0) is 28.7. The molecule has 0 fully saturated rings. The van der Waals surface area contributed by atoms with Crippen LogP contribution < -0.4 is 0 Å². The Kier molecular flexibility index (Phi) is 5.39. The van der Waals surface area contributed by atoms with Crippen LogP contribution in [-0.2, 0) is 0 Å².